The lowest BCUT2D eigenvalue weighted by molar-refractivity contribution is -0.141. The number of nitrogens with one attached hydrogen (secondary N) is 2. The summed E-state index contributed by atoms with van der Waals surface area (Å²) < 4.78 is 5.66. The van der Waals surface area contributed by atoms with E-state index in [-0.39, 0.29) is 23.8 Å². The molecule has 2 aromatic carbocycles. The number of carbonyl (C=O) groups is 2. The van der Waals surface area contributed by atoms with Crippen LogP contribution in [-0.2, 0) is 11.3 Å². The molecular formula is C24H31N3O3. The Hall–Kier alpha value is -3.02. The molecule has 2 aromatic rings. The third-order valence-corrected chi connectivity index (χ3v) is 5.77. The summed E-state index contributed by atoms with van der Waals surface area (Å²) >= 11 is 0. The van der Waals surface area contributed by atoms with Crippen LogP contribution in [0.5, 0.6) is 5.75 Å². The van der Waals surface area contributed by atoms with E-state index in [1.165, 1.54) is 0 Å². The minimum absolute atomic E-state index is 0.0428. The van der Waals surface area contributed by atoms with E-state index in [9.17, 15) is 9.59 Å². The lowest BCUT2D eigenvalue weighted by Gasteiger charge is -2.31. The molecule has 0 aliphatic carbocycles. The van der Waals surface area contributed by atoms with Crippen LogP contribution in [0.3, 0.4) is 0 Å². The topological polar surface area (TPSA) is 70.7 Å². The Labute approximate surface area is 178 Å². The van der Waals surface area contributed by atoms with Crippen molar-refractivity contribution in [3.8, 4) is 5.75 Å². The van der Waals surface area contributed by atoms with Gasteiger partial charge in [-0.05, 0) is 43.4 Å². The van der Waals surface area contributed by atoms with E-state index < -0.39 is 0 Å². The van der Waals surface area contributed by atoms with Gasteiger partial charge in [0, 0.05) is 37.9 Å². The summed E-state index contributed by atoms with van der Waals surface area (Å²) in [7, 11) is 0. The van der Waals surface area contributed by atoms with Gasteiger partial charge in [0.05, 0.1) is 5.92 Å². The quantitative estimate of drug-likeness (QED) is 0.509. The molecule has 3 rings (SSSR count). The van der Waals surface area contributed by atoms with Crippen LogP contribution in [0.1, 0.15) is 44.2 Å². The Morgan fingerprint density at radius 2 is 1.80 bits per heavy atom. The molecule has 0 saturated heterocycles. The Balaban J connectivity index is 1.54. The third-order valence-electron chi connectivity index (χ3n) is 5.77. The second-order valence-corrected chi connectivity index (χ2v) is 7.59. The number of amides is 2. The monoisotopic (exact) mass is 409 g/mol. The Kier molecular flexibility index (Phi) is 7.33. The van der Waals surface area contributed by atoms with Gasteiger partial charge in [0.2, 0.25) is 0 Å². The molecule has 2 amide bonds. The first kappa shape index (κ1) is 21.7. The largest absolute Gasteiger partial charge is 0.426 e. The van der Waals surface area contributed by atoms with Gasteiger partial charge in [0.15, 0.2) is 0 Å². The van der Waals surface area contributed by atoms with E-state index in [4.69, 9.17) is 4.74 Å². The number of urea groups is 1. The van der Waals surface area contributed by atoms with Crippen molar-refractivity contribution in [1.29, 1.82) is 0 Å². The summed E-state index contributed by atoms with van der Waals surface area (Å²) in [5.41, 5.74) is 3.15. The number of benzene rings is 2. The molecule has 6 heteroatoms. The number of anilines is 1. The van der Waals surface area contributed by atoms with Crippen LogP contribution in [0.4, 0.5) is 10.5 Å². The number of carbonyl (C=O) groups excluding carboxylic acids is 2. The van der Waals surface area contributed by atoms with Crippen molar-refractivity contribution in [2.24, 2.45) is 5.92 Å². The van der Waals surface area contributed by atoms with E-state index in [1.807, 2.05) is 36.4 Å². The summed E-state index contributed by atoms with van der Waals surface area (Å²) in [5.74, 6) is 0.201. The van der Waals surface area contributed by atoms with Gasteiger partial charge in [-0.25, -0.2) is 4.79 Å². The van der Waals surface area contributed by atoms with Gasteiger partial charge in [-0.1, -0.05) is 43.3 Å². The molecule has 2 N–H and O–H groups in total. The first-order valence-electron chi connectivity index (χ1n) is 10.7. The molecule has 0 saturated carbocycles. The average Bonchev–Trinajstić information content (AvgIpc) is 2.76. The van der Waals surface area contributed by atoms with Crippen LogP contribution in [-0.4, -0.2) is 31.6 Å². The highest BCUT2D eigenvalue weighted by atomic mass is 16.5. The number of hydrogen-bond donors (Lipinski definition) is 2. The molecule has 1 heterocycles. The normalized spacial score (nSPS) is 17.6. The van der Waals surface area contributed by atoms with Crippen molar-refractivity contribution in [1.82, 2.24) is 10.6 Å². The number of ether oxygens (including phenoxy) is 1. The van der Waals surface area contributed by atoms with Gasteiger partial charge in [-0.3, -0.25) is 4.79 Å². The molecule has 0 radical (unpaired) electrons. The molecule has 30 heavy (non-hydrogen) atoms. The fraction of sp³-hybridized carbons (Fsp3) is 0.417. The highest BCUT2D eigenvalue weighted by Gasteiger charge is 2.35. The number of fused-ring (bicyclic) bond motifs is 1. The van der Waals surface area contributed by atoms with E-state index in [0.29, 0.717) is 25.3 Å². The van der Waals surface area contributed by atoms with Crippen LogP contribution in [0, 0.1) is 5.92 Å². The first-order chi connectivity index (χ1) is 14.5. The molecule has 1 aliphatic rings. The van der Waals surface area contributed by atoms with E-state index >= 15 is 0 Å². The van der Waals surface area contributed by atoms with Gasteiger partial charge in [-0.15, -0.1) is 0 Å². The lowest BCUT2D eigenvalue weighted by Crippen LogP contribution is -2.38. The zero-order chi connectivity index (χ0) is 21.5. The van der Waals surface area contributed by atoms with Crippen LogP contribution >= 0.6 is 0 Å². The number of hydrogen-bond acceptors (Lipinski definition) is 4. The minimum atomic E-state index is -0.272. The molecule has 0 fully saturated rings. The standard InChI is InChI=1S/C24H31N3O3/c1-4-27(5-2)19-11-12-20-17(3)21(23(28)30-22(20)15-19)13-14-25-24(29)26-16-18-9-7-6-8-10-18/h6-12,15,17,21H,4-5,13-14,16H2,1-3H3,(H2,25,26,29). The van der Waals surface area contributed by atoms with Crippen molar-refractivity contribution in [2.45, 2.75) is 39.7 Å². The Morgan fingerprint density at radius 3 is 2.50 bits per heavy atom. The maximum absolute atomic E-state index is 12.6. The summed E-state index contributed by atoms with van der Waals surface area (Å²) in [4.78, 5) is 26.9. The second-order valence-electron chi connectivity index (χ2n) is 7.59. The number of esters is 1. The van der Waals surface area contributed by atoms with Crippen molar-refractivity contribution >= 4 is 17.7 Å². The zero-order valence-electron chi connectivity index (χ0n) is 18.0. The van der Waals surface area contributed by atoms with Gasteiger partial charge in [-0.2, -0.15) is 0 Å². The van der Waals surface area contributed by atoms with E-state index in [2.05, 4.69) is 48.4 Å². The highest BCUT2D eigenvalue weighted by molar-refractivity contribution is 5.80. The molecule has 1 aliphatic heterocycles. The SMILES string of the molecule is CCN(CC)c1ccc2c(c1)OC(=O)C(CCNC(=O)NCc1ccccc1)C2C. The maximum atomic E-state index is 12.6. The highest BCUT2D eigenvalue weighted by Crippen LogP contribution is 2.40. The summed E-state index contributed by atoms with van der Waals surface area (Å²) in [6, 6.07) is 15.6. The fourth-order valence-corrected chi connectivity index (χ4v) is 3.93. The number of nitrogens with zero attached hydrogens (tertiary/aromatic N) is 1. The second kappa shape index (κ2) is 10.1. The van der Waals surface area contributed by atoms with E-state index in [0.717, 1.165) is 29.9 Å². The predicted molar refractivity (Wildman–Crippen MR) is 119 cm³/mol. The minimum Gasteiger partial charge on any atom is -0.426 e. The fourth-order valence-electron chi connectivity index (χ4n) is 3.93. The first-order valence-corrected chi connectivity index (χ1v) is 10.7. The molecule has 2 atom stereocenters. The maximum Gasteiger partial charge on any atom is 0.315 e. The van der Waals surface area contributed by atoms with E-state index in [1.54, 1.807) is 0 Å². The van der Waals surface area contributed by atoms with Crippen molar-refractivity contribution in [3.05, 3.63) is 59.7 Å². The van der Waals surface area contributed by atoms with Gasteiger partial charge >= 0.3 is 12.0 Å². The zero-order valence-corrected chi connectivity index (χ0v) is 18.0. The predicted octanol–water partition coefficient (Wildman–Crippen LogP) is 4.06. The van der Waals surface area contributed by atoms with Gasteiger partial charge in [0.25, 0.3) is 0 Å². The van der Waals surface area contributed by atoms with Crippen LogP contribution in [0.15, 0.2) is 48.5 Å². The Morgan fingerprint density at radius 1 is 1.07 bits per heavy atom. The molecule has 0 bridgehead atoms. The summed E-state index contributed by atoms with van der Waals surface area (Å²) in [6.45, 7) is 8.96. The van der Waals surface area contributed by atoms with Gasteiger partial charge < -0.3 is 20.3 Å². The average molecular weight is 410 g/mol. The van der Waals surface area contributed by atoms with Crippen molar-refractivity contribution in [2.75, 3.05) is 24.5 Å². The van der Waals surface area contributed by atoms with Crippen LogP contribution in [0.25, 0.3) is 0 Å². The summed E-state index contributed by atoms with van der Waals surface area (Å²) in [5, 5.41) is 5.67. The molecule has 2 unspecified atom stereocenters. The van der Waals surface area contributed by atoms with Crippen LogP contribution in [0.2, 0.25) is 0 Å². The van der Waals surface area contributed by atoms with Crippen molar-refractivity contribution < 1.29 is 14.3 Å². The number of rotatable bonds is 8. The molecular weight excluding hydrogens is 378 g/mol. The molecule has 0 aromatic heterocycles. The van der Waals surface area contributed by atoms with Crippen molar-refractivity contribution in [3.63, 3.8) is 0 Å². The molecule has 160 valence electrons. The smallest absolute Gasteiger partial charge is 0.315 e. The van der Waals surface area contributed by atoms with Crippen LogP contribution < -0.4 is 20.3 Å². The Bertz CT molecular complexity index is 865. The summed E-state index contributed by atoms with van der Waals surface area (Å²) in [6.07, 6.45) is 0.538. The molecule has 0 spiro atoms. The van der Waals surface area contributed by atoms with Gasteiger partial charge in [0.1, 0.15) is 5.75 Å². The molecule has 6 nitrogen and oxygen atoms in total. The third kappa shape index (κ3) is 5.12. The lowest BCUT2D eigenvalue weighted by atomic mass is 9.83.